The summed E-state index contributed by atoms with van der Waals surface area (Å²) in [4.78, 5) is 22.4. The average molecular weight is 562 g/mol. The summed E-state index contributed by atoms with van der Waals surface area (Å²) in [7, 11) is 0. The molecule has 0 bridgehead atoms. The summed E-state index contributed by atoms with van der Waals surface area (Å²) >= 11 is 6.20. The zero-order chi connectivity index (χ0) is 27.5. The number of carbonyl (C=O) groups excluding carboxylic acids is 1. The largest absolute Gasteiger partial charge is 0.417 e. The van der Waals surface area contributed by atoms with E-state index < -0.39 is 69.9 Å². The van der Waals surface area contributed by atoms with Crippen LogP contribution in [0.3, 0.4) is 0 Å². The fourth-order valence-electron chi connectivity index (χ4n) is 4.26. The first-order valence-corrected chi connectivity index (χ1v) is 11.4. The van der Waals surface area contributed by atoms with Crippen LogP contribution in [0.2, 0.25) is 5.02 Å². The van der Waals surface area contributed by atoms with Gasteiger partial charge in [-0.2, -0.15) is 22.0 Å². The molecule has 38 heavy (non-hydrogen) atoms. The topological polar surface area (TPSA) is 72.6 Å². The Morgan fingerprint density at radius 3 is 2.37 bits per heavy atom. The third kappa shape index (κ3) is 4.41. The molecule has 15 heteroatoms. The highest BCUT2D eigenvalue weighted by Gasteiger charge is 2.40. The molecular formula is C23H15ClF7N5O2. The van der Waals surface area contributed by atoms with E-state index in [1.807, 2.05) is 0 Å². The Labute approximate surface area is 214 Å². The zero-order valence-electron chi connectivity index (χ0n) is 19.1. The maximum atomic E-state index is 14.8. The number of hydrogen-bond acceptors (Lipinski definition) is 5. The Morgan fingerprint density at radius 2 is 1.76 bits per heavy atom. The molecule has 3 aromatic rings. The van der Waals surface area contributed by atoms with Gasteiger partial charge in [0.25, 0.3) is 5.91 Å². The van der Waals surface area contributed by atoms with E-state index in [4.69, 9.17) is 11.6 Å². The van der Waals surface area contributed by atoms with Gasteiger partial charge in [0.2, 0.25) is 5.82 Å². The number of rotatable bonds is 4. The van der Waals surface area contributed by atoms with E-state index in [0.717, 1.165) is 33.8 Å². The van der Waals surface area contributed by atoms with Crippen molar-refractivity contribution in [3.8, 4) is 5.69 Å². The lowest BCUT2D eigenvalue weighted by molar-refractivity contribution is -0.189. The van der Waals surface area contributed by atoms with E-state index >= 15 is 0 Å². The predicted octanol–water partition coefficient (Wildman–Crippen LogP) is 5.19. The van der Waals surface area contributed by atoms with Gasteiger partial charge in [-0.25, -0.2) is 18.4 Å². The molecule has 2 aromatic carbocycles. The maximum Gasteiger partial charge on any atom is 0.417 e. The monoisotopic (exact) mass is 561 g/mol. The number of amides is 1. The number of carbonyl (C=O) groups is 1. The number of fused-ring (bicyclic) bond motifs is 3. The zero-order valence-corrected chi connectivity index (χ0v) is 19.9. The molecule has 0 radical (unpaired) electrons. The first kappa shape index (κ1) is 26.1. The van der Waals surface area contributed by atoms with Crippen LogP contribution in [0, 0.1) is 11.6 Å². The van der Waals surface area contributed by atoms with E-state index in [2.05, 4.69) is 19.8 Å². The van der Waals surface area contributed by atoms with Crippen LogP contribution in [0.5, 0.6) is 0 Å². The molecule has 1 fully saturated rings. The van der Waals surface area contributed by atoms with Crippen molar-refractivity contribution < 1.29 is 40.3 Å². The number of ether oxygens (including phenoxy) is 1. The smallest absolute Gasteiger partial charge is 0.331 e. The summed E-state index contributed by atoms with van der Waals surface area (Å²) in [5.74, 6) is -3.33. The first-order chi connectivity index (χ1) is 17.9. The Hall–Kier alpha value is -3.52. The number of benzene rings is 2. The van der Waals surface area contributed by atoms with E-state index in [0.29, 0.717) is 6.07 Å². The number of likely N-dealkylation sites (tertiary alicyclic amines) is 1. The van der Waals surface area contributed by atoms with Gasteiger partial charge in [-0.05, 0) is 31.2 Å². The number of aliphatic imine (C=N–C) groups is 1. The Morgan fingerprint density at radius 1 is 1.11 bits per heavy atom. The van der Waals surface area contributed by atoms with Crippen LogP contribution in [0.15, 0.2) is 35.3 Å². The van der Waals surface area contributed by atoms with Crippen LogP contribution in [0.1, 0.15) is 46.1 Å². The molecule has 200 valence electrons. The van der Waals surface area contributed by atoms with E-state index in [-0.39, 0.29) is 30.4 Å². The number of nitrogens with zero attached hydrogens (tertiary/aromatic N) is 5. The second-order valence-corrected chi connectivity index (χ2v) is 8.88. The van der Waals surface area contributed by atoms with Gasteiger partial charge in [-0.3, -0.25) is 9.79 Å². The minimum atomic E-state index is -4.91. The van der Waals surface area contributed by atoms with Crippen LogP contribution < -0.4 is 0 Å². The molecule has 0 N–H and O–H groups in total. The summed E-state index contributed by atoms with van der Waals surface area (Å²) < 4.78 is 101. The van der Waals surface area contributed by atoms with Crippen LogP contribution in [-0.4, -0.2) is 57.1 Å². The Balaban J connectivity index is 1.65. The summed E-state index contributed by atoms with van der Waals surface area (Å²) in [6.07, 6.45) is -5.79. The van der Waals surface area contributed by atoms with Crippen LogP contribution in [0.4, 0.5) is 30.7 Å². The fourth-order valence-corrected chi connectivity index (χ4v) is 4.61. The summed E-state index contributed by atoms with van der Waals surface area (Å²) in [6, 6.07) is 3.52. The SMILES string of the molecule is C[C@@H]1N=C(c2c(F)cccc2F)c2c(ccc(C(F)(F)F)c2Cl)-n2nc(C(=O)N3CC(OC(F)F)C3)nc21. The van der Waals surface area contributed by atoms with Crippen molar-refractivity contribution in [2.45, 2.75) is 31.9 Å². The third-order valence-electron chi connectivity index (χ3n) is 6.04. The first-order valence-electron chi connectivity index (χ1n) is 11.0. The molecule has 2 aliphatic rings. The second kappa shape index (κ2) is 9.34. The van der Waals surface area contributed by atoms with Crippen molar-refractivity contribution in [3.05, 3.63) is 75.3 Å². The van der Waals surface area contributed by atoms with Crippen molar-refractivity contribution in [2.24, 2.45) is 4.99 Å². The minimum absolute atomic E-state index is 0.0296. The average Bonchev–Trinajstić information content (AvgIpc) is 3.20. The standard InChI is InChI=1S/C23H15ClF7N5O2/c1-9-20-33-19(21(37)35-7-10(8-35)38-22(27)28)34-36(20)14-6-5-11(23(29,30)31)17(24)16(14)18(32-9)15-12(25)3-2-4-13(15)26/h2-6,9-10,22H,7-8H2,1H3/t9-/m0/s1. The molecule has 1 aromatic heterocycles. The van der Waals surface area contributed by atoms with Crippen molar-refractivity contribution in [1.82, 2.24) is 19.7 Å². The Kier molecular flexibility index (Phi) is 6.42. The normalized spacial score (nSPS) is 17.6. The molecule has 0 saturated carbocycles. The lowest BCUT2D eigenvalue weighted by Gasteiger charge is -2.37. The van der Waals surface area contributed by atoms with Gasteiger partial charge in [0.15, 0.2) is 5.82 Å². The van der Waals surface area contributed by atoms with Crippen LogP contribution >= 0.6 is 11.6 Å². The van der Waals surface area contributed by atoms with Gasteiger partial charge >= 0.3 is 12.8 Å². The summed E-state index contributed by atoms with van der Waals surface area (Å²) in [5.41, 5.74) is -3.09. The second-order valence-electron chi connectivity index (χ2n) is 8.50. The van der Waals surface area contributed by atoms with Crippen molar-refractivity contribution in [1.29, 1.82) is 0 Å². The minimum Gasteiger partial charge on any atom is -0.331 e. The van der Waals surface area contributed by atoms with Gasteiger partial charge in [0.1, 0.15) is 17.7 Å². The van der Waals surface area contributed by atoms with Crippen molar-refractivity contribution >= 4 is 23.2 Å². The fraction of sp³-hybridized carbons (Fsp3) is 0.304. The van der Waals surface area contributed by atoms with Gasteiger partial charge < -0.3 is 9.64 Å². The predicted molar refractivity (Wildman–Crippen MR) is 119 cm³/mol. The van der Waals surface area contributed by atoms with E-state index in [9.17, 15) is 35.5 Å². The van der Waals surface area contributed by atoms with Gasteiger partial charge in [0, 0.05) is 18.7 Å². The Bertz CT molecular complexity index is 1450. The lowest BCUT2D eigenvalue weighted by Crippen LogP contribution is -2.55. The molecule has 7 nitrogen and oxygen atoms in total. The molecule has 5 rings (SSSR count). The number of alkyl halides is 5. The number of halogens is 8. The van der Waals surface area contributed by atoms with Crippen LogP contribution in [0.25, 0.3) is 5.69 Å². The summed E-state index contributed by atoms with van der Waals surface area (Å²) in [6.45, 7) is -1.85. The highest BCUT2D eigenvalue weighted by Crippen LogP contribution is 2.42. The van der Waals surface area contributed by atoms with E-state index in [1.54, 1.807) is 0 Å². The molecule has 0 aliphatic carbocycles. The molecule has 3 heterocycles. The molecule has 1 saturated heterocycles. The maximum absolute atomic E-state index is 14.8. The van der Waals surface area contributed by atoms with Crippen molar-refractivity contribution in [3.63, 3.8) is 0 Å². The molecule has 2 aliphatic heterocycles. The molecular weight excluding hydrogens is 547 g/mol. The van der Waals surface area contributed by atoms with Crippen LogP contribution in [-0.2, 0) is 10.9 Å². The molecule has 1 atom stereocenters. The van der Waals surface area contributed by atoms with Gasteiger partial charge in [0.05, 0.1) is 33.7 Å². The highest BCUT2D eigenvalue weighted by atomic mass is 35.5. The quantitative estimate of drug-likeness (QED) is 0.411. The summed E-state index contributed by atoms with van der Waals surface area (Å²) in [5, 5.41) is 3.24. The van der Waals surface area contributed by atoms with E-state index in [1.165, 1.54) is 6.92 Å². The number of hydrogen-bond donors (Lipinski definition) is 0. The lowest BCUT2D eigenvalue weighted by atomic mass is 9.97. The third-order valence-corrected chi connectivity index (χ3v) is 6.43. The van der Waals surface area contributed by atoms with Gasteiger partial charge in [-0.1, -0.05) is 17.7 Å². The molecule has 1 amide bonds. The number of aromatic nitrogens is 3. The molecule has 0 spiro atoms. The van der Waals surface area contributed by atoms with Gasteiger partial charge in [-0.15, -0.1) is 5.10 Å². The highest BCUT2D eigenvalue weighted by molar-refractivity contribution is 6.37. The van der Waals surface area contributed by atoms with Crippen molar-refractivity contribution in [2.75, 3.05) is 13.1 Å². The molecule has 0 unspecified atom stereocenters.